The first-order valence-corrected chi connectivity index (χ1v) is 9.03. The van der Waals surface area contributed by atoms with Crippen molar-refractivity contribution in [2.75, 3.05) is 24.9 Å². The lowest BCUT2D eigenvalue weighted by Gasteiger charge is -2.15. The smallest absolute Gasteiger partial charge is 0.263 e. The fraction of sp³-hybridized carbons (Fsp3) is 0.130. The zero-order valence-electron chi connectivity index (χ0n) is 16.5. The molecule has 0 spiro atoms. The molecule has 0 fully saturated rings. The lowest BCUT2D eigenvalue weighted by atomic mass is 10.1. The first kappa shape index (κ1) is 19.9. The largest absolute Gasteiger partial charge is 0.496 e. The van der Waals surface area contributed by atoms with Gasteiger partial charge < -0.3 is 20.1 Å². The topological polar surface area (TPSA) is 76.7 Å². The lowest BCUT2D eigenvalue weighted by molar-refractivity contribution is 0.101. The Hall–Kier alpha value is -3.80. The SMILES string of the molecule is COc1cccc(OC)c1C(=O)Nc1cc(C(=O)Nc2ccccc2)ccc1C. The van der Waals surface area contributed by atoms with E-state index in [1.165, 1.54) is 14.2 Å². The Morgan fingerprint density at radius 1 is 0.759 bits per heavy atom. The second-order valence-electron chi connectivity index (χ2n) is 6.34. The summed E-state index contributed by atoms with van der Waals surface area (Å²) in [6.45, 7) is 1.86. The zero-order chi connectivity index (χ0) is 20.8. The molecule has 0 aromatic heterocycles. The predicted octanol–water partition coefficient (Wildman–Crippen LogP) is 4.52. The lowest BCUT2D eigenvalue weighted by Crippen LogP contribution is -2.17. The van der Waals surface area contributed by atoms with E-state index in [1.54, 1.807) is 36.4 Å². The van der Waals surface area contributed by atoms with Crippen LogP contribution in [0, 0.1) is 6.92 Å². The van der Waals surface area contributed by atoms with E-state index < -0.39 is 0 Å². The van der Waals surface area contributed by atoms with Gasteiger partial charge in [-0.1, -0.05) is 30.3 Å². The molecular formula is C23H22N2O4. The Kier molecular flexibility index (Phi) is 6.14. The van der Waals surface area contributed by atoms with Crippen molar-refractivity contribution < 1.29 is 19.1 Å². The number of carbonyl (C=O) groups is 2. The number of para-hydroxylation sites is 1. The Balaban J connectivity index is 1.86. The van der Waals surface area contributed by atoms with Gasteiger partial charge in [0.1, 0.15) is 17.1 Å². The van der Waals surface area contributed by atoms with E-state index in [1.807, 2.05) is 37.3 Å². The van der Waals surface area contributed by atoms with Crippen LogP contribution in [0.2, 0.25) is 0 Å². The number of anilines is 2. The van der Waals surface area contributed by atoms with Crippen molar-refractivity contribution in [3.63, 3.8) is 0 Å². The highest BCUT2D eigenvalue weighted by Crippen LogP contribution is 2.29. The van der Waals surface area contributed by atoms with Crippen molar-refractivity contribution in [1.29, 1.82) is 0 Å². The second kappa shape index (κ2) is 8.93. The van der Waals surface area contributed by atoms with Crippen LogP contribution in [0.1, 0.15) is 26.3 Å². The number of hydrogen-bond acceptors (Lipinski definition) is 4. The Morgan fingerprint density at radius 2 is 1.41 bits per heavy atom. The third kappa shape index (κ3) is 4.55. The van der Waals surface area contributed by atoms with Crippen LogP contribution in [-0.2, 0) is 0 Å². The van der Waals surface area contributed by atoms with E-state index in [9.17, 15) is 9.59 Å². The first-order valence-electron chi connectivity index (χ1n) is 9.03. The number of carbonyl (C=O) groups excluding carboxylic acids is 2. The van der Waals surface area contributed by atoms with Gasteiger partial charge in [0.15, 0.2) is 0 Å². The normalized spacial score (nSPS) is 10.2. The van der Waals surface area contributed by atoms with Gasteiger partial charge in [0.05, 0.1) is 14.2 Å². The molecule has 148 valence electrons. The van der Waals surface area contributed by atoms with Crippen molar-refractivity contribution in [3.8, 4) is 11.5 Å². The van der Waals surface area contributed by atoms with Crippen LogP contribution in [-0.4, -0.2) is 26.0 Å². The molecule has 3 aromatic carbocycles. The van der Waals surface area contributed by atoms with Crippen LogP contribution in [0.3, 0.4) is 0 Å². The summed E-state index contributed by atoms with van der Waals surface area (Å²) in [7, 11) is 2.98. The van der Waals surface area contributed by atoms with E-state index in [4.69, 9.17) is 9.47 Å². The third-order valence-electron chi connectivity index (χ3n) is 4.43. The summed E-state index contributed by atoms with van der Waals surface area (Å²) in [5.74, 6) is 0.152. The van der Waals surface area contributed by atoms with Crippen molar-refractivity contribution in [2.45, 2.75) is 6.92 Å². The summed E-state index contributed by atoms with van der Waals surface area (Å²) < 4.78 is 10.6. The number of rotatable bonds is 6. The van der Waals surface area contributed by atoms with Crippen LogP contribution in [0.15, 0.2) is 66.7 Å². The molecule has 0 radical (unpaired) electrons. The van der Waals surface area contributed by atoms with Gasteiger partial charge in [-0.2, -0.15) is 0 Å². The molecule has 0 atom stereocenters. The molecule has 0 heterocycles. The molecule has 0 saturated carbocycles. The minimum atomic E-state index is -0.386. The summed E-state index contributed by atoms with van der Waals surface area (Å²) in [6.07, 6.45) is 0. The van der Waals surface area contributed by atoms with Crippen LogP contribution in [0.25, 0.3) is 0 Å². The molecule has 0 aliphatic rings. The number of hydrogen-bond donors (Lipinski definition) is 2. The maximum Gasteiger partial charge on any atom is 0.263 e. The van der Waals surface area contributed by atoms with E-state index in [-0.39, 0.29) is 17.4 Å². The maximum absolute atomic E-state index is 12.9. The van der Waals surface area contributed by atoms with Crippen molar-refractivity contribution in [2.24, 2.45) is 0 Å². The van der Waals surface area contributed by atoms with Crippen LogP contribution < -0.4 is 20.1 Å². The molecule has 0 unspecified atom stereocenters. The Labute approximate surface area is 169 Å². The molecule has 0 bridgehead atoms. The van der Waals surface area contributed by atoms with Crippen molar-refractivity contribution in [1.82, 2.24) is 0 Å². The monoisotopic (exact) mass is 390 g/mol. The molecule has 3 aromatic rings. The summed E-state index contributed by atoms with van der Waals surface area (Å²) in [4.78, 5) is 25.5. The van der Waals surface area contributed by atoms with Gasteiger partial charge in [0, 0.05) is 16.9 Å². The third-order valence-corrected chi connectivity index (χ3v) is 4.43. The van der Waals surface area contributed by atoms with Gasteiger partial charge in [-0.05, 0) is 48.9 Å². The zero-order valence-corrected chi connectivity index (χ0v) is 16.5. The Bertz CT molecular complexity index is 1010. The number of ether oxygens (including phenoxy) is 2. The minimum Gasteiger partial charge on any atom is -0.496 e. The first-order chi connectivity index (χ1) is 14.0. The fourth-order valence-corrected chi connectivity index (χ4v) is 2.88. The molecule has 6 nitrogen and oxygen atoms in total. The number of methoxy groups -OCH3 is 2. The molecule has 2 N–H and O–H groups in total. The predicted molar refractivity (Wildman–Crippen MR) is 113 cm³/mol. The van der Waals surface area contributed by atoms with Gasteiger partial charge in [-0.25, -0.2) is 0 Å². The maximum atomic E-state index is 12.9. The number of amides is 2. The van der Waals surface area contributed by atoms with Crippen molar-refractivity contribution >= 4 is 23.2 Å². The summed E-state index contributed by atoms with van der Waals surface area (Å²) >= 11 is 0. The Morgan fingerprint density at radius 3 is 2.03 bits per heavy atom. The van der Waals surface area contributed by atoms with Gasteiger partial charge in [-0.3, -0.25) is 9.59 Å². The van der Waals surface area contributed by atoms with E-state index >= 15 is 0 Å². The average Bonchev–Trinajstić information content (AvgIpc) is 2.75. The molecule has 0 aliphatic carbocycles. The number of nitrogens with one attached hydrogen (secondary N) is 2. The molecule has 0 saturated heterocycles. The van der Waals surface area contributed by atoms with Crippen molar-refractivity contribution in [3.05, 3.63) is 83.4 Å². The molecule has 2 amide bonds. The number of benzene rings is 3. The summed E-state index contributed by atoms with van der Waals surface area (Å²) in [5, 5.41) is 5.69. The highest BCUT2D eigenvalue weighted by atomic mass is 16.5. The summed E-state index contributed by atoms with van der Waals surface area (Å²) in [5.41, 5.74) is 2.77. The van der Waals surface area contributed by atoms with Crippen LogP contribution in [0.4, 0.5) is 11.4 Å². The highest BCUT2D eigenvalue weighted by molar-refractivity contribution is 6.10. The minimum absolute atomic E-state index is 0.262. The van der Waals surface area contributed by atoms with Crippen LogP contribution >= 0.6 is 0 Å². The molecular weight excluding hydrogens is 368 g/mol. The van der Waals surface area contributed by atoms with E-state index in [0.717, 1.165) is 5.56 Å². The standard InChI is InChI=1S/C23H22N2O4/c1-15-12-13-16(22(26)24-17-8-5-4-6-9-17)14-18(15)25-23(27)21-19(28-2)10-7-11-20(21)29-3/h4-14H,1-3H3,(H,24,26)(H,25,27). The number of aryl methyl sites for hydroxylation is 1. The molecule has 3 rings (SSSR count). The van der Waals surface area contributed by atoms with Gasteiger partial charge in [-0.15, -0.1) is 0 Å². The fourth-order valence-electron chi connectivity index (χ4n) is 2.88. The van der Waals surface area contributed by atoms with Gasteiger partial charge in [0.2, 0.25) is 0 Å². The van der Waals surface area contributed by atoms with Gasteiger partial charge in [0.25, 0.3) is 11.8 Å². The quantitative estimate of drug-likeness (QED) is 0.649. The summed E-state index contributed by atoms with van der Waals surface area (Å²) in [6, 6.07) is 19.5. The molecule has 29 heavy (non-hydrogen) atoms. The second-order valence-corrected chi connectivity index (χ2v) is 6.34. The van der Waals surface area contributed by atoms with E-state index in [2.05, 4.69) is 10.6 Å². The van der Waals surface area contributed by atoms with Gasteiger partial charge >= 0.3 is 0 Å². The van der Waals surface area contributed by atoms with Crippen LogP contribution in [0.5, 0.6) is 11.5 Å². The van der Waals surface area contributed by atoms with E-state index in [0.29, 0.717) is 28.4 Å². The average molecular weight is 390 g/mol. The highest BCUT2D eigenvalue weighted by Gasteiger charge is 2.19. The molecule has 6 heteroatoms. The molecule has 0 aliphatic heterocycles.